The van der Waals surface area contributed by atoms with Crippen LogP contribution in [0.2, 0.25) is 0 Å². The van der Waals surface area contributed by atoms with Gasteiger partial charge < -0.3 is 5.32 Å². The fourth-order valence-corrected chi connectivity index (χ4v) is 5.05. The Bertz CT molecular complexity index is 763. The molecular formula is C19H27N5OS. The second kappa shape index (κ2) is 8.31. The molecule has 1 N–H and O–H groups in total. The summed E-state index contributed by atoms with van der Waals surface area (Å²) in [4.78, 5) is 20.6. The number of piperidine rings is 1. The Morgan fingerprint density at radius 2 is 2.12 bits per heavy atom. The number of nitrogens with zero attached hydrogens (tertiary/aromatic N) is 4. The molecule has 1 atom stereocenters. The lowest BCUT2D eigenvalue weighted by atomic mass is 10.0. The smallest absolute Gasteiger partial charge is 0.266 e. The van der Waals surface area contributed by atoms with Crippen molar-refractivity contribution in [2.24, 2.45) is 0 Å². The van der Waals surface area contributed by atoms with Crippen LogP contribution in [-0.2, 0) is 19.4 Å². The fourth-order valence-electron chi connectivity index (χ4n) is 4.00. The average molecular weight is 374 g/mol. The molecule has 2 aromatic rings. The predicted molar refractivity (Wildman–Crippen MR) is 105 cm³/mol. The summed E-state index contributed by atoms with van der Waals surface area (Å²) in [7, 11) is 0. The van der Waals surface area contributed by atoms with Crippen LogP contribution in [0.3, 0.4) is 0 Å². The van der Waals surface area contributed by atoms with E-state index in [1.165, 1.54) is 49.1 Å². The van der Waals surface area contributed by atoms with E-state index in [9.17, 15) is 4.79 Å². The summed E-state index contributed by atoms with van der Waals surface area (Å²) < 4.78 is 1.56. The van der Waals surface area contributed by atoms with Crippen LogP contribution in [-0.4, -0.2) is 45.3 Å². The number of rotatable bonds is 6. The van der Waals surface area contributed by atoms with Crippen molar-refractivity contribution < 1.29 is 0 Å². The van der Waals surface area contributed by atoms with Gasteiger partial charge in [0.05, 0.1) is 12.2 Å². The molecule has 140 valence electrons. The Hall–Kier alpha value is -1.73. The van der Waals surface area contributed by atoms with Crippen LogP contribution in [0.15, 0.2) is 23.1 Å². The molecule has 1 saturated heterocycles. The van der Waals surface area contributed by atoms with Crippen LogP contribution in [0.4, 0.5) is 5.13 Å². The maximum Gasteiger partial charge on any atom is 0.266 e. The van der Waals surface area contributed by atoms with E-state index in [-0.39, 0.29) is 5.56 Å². The van der Waals surface area contributed by atoms with Gasteiger partial charge in [0.2, 0.25) is 0 Å². The zero-order chi connectivity index (χ0) is 17.8. The Morgan fingerprint density at radius 1 is 1.19 bits per heavy atom. The van der Waals surface area contributed by atoms with Gasteiger partial charge in [0.25, 0.3) is 5.56 Å². The van der Waals surface area contributed by atoms with Gasteiger partial charge in [0.1, 0.15) is 0 Å². The van der Waals surface area contributed by atoms with E-state index in [4.69, 9.17) is 4.98 Å². The lowest BCUT2D eigenvalue weighted by molar-refractivity contribution is 0.148. The minimum absolute atomic E-state index is 0.0208. The minimum atomic E-state index is -0.0208. The molecule has 0 radical (unpaired) electrons. The van der Waals surface area contributed by atoms with Gasteiger partial charge in [0.15, 0.2) is 5.13 Å². The Kier molecular flexibility index (Phi) is 5.65. The summed E-state index contributed by atoms with van der Waals surface area (Å²) in [6.45, 7) is 3.56. The maximum absolute atomic E-state index is 11.8. The van der Waals surface area contributed by atoms with E-state index in [0.717, 1.165) is 31.2 Å². The fraction of sp³-hybridized carbons (Fsp3) is 0.632. The van der Waals surface area contributed by atoms with Crippen molar-refractivity contribution in [1.82, 2.24) is 19.7 Å². The van der Waals surface area contributed by atoms with E-state index in [1.54, 1.807) is 23.0 Å². The molecule has 4 rings (SSSR count). The normalized spacial score (nSPS) is 20.7. The van der Waals surface area contributed by atoms with Gasteiger partial charge in [-0.2, -0.15) is 5.10 Å². The molecule has 1 aliphatic carbocycles. The topological polar surface area (TPSA) is 63.1 Å². The number of nitrogens with one attached hydrogen (secondary N) is 1. The van der Waals surface area contributed by atoms with Gasteiger partial charge in [0, 0.05) is 36.3 Å². The van der Waals surface area contributed by atoms with Crippen LogP contribution < -0.4 is 10.9 Å². The van der Waals surface area contributed by atoms with Crippen LogP contribution in [0.25, 0.3) is 0 Å². The van der Waals surface area contributed by atoms with Crippen LogP contribution in [0, 0.1) is 0 Å². The van der Waals surface area contributed by atoms with Crippen molar-refractivity contribution in [3.63, 3.8) is 0 Å². The molecule has 0 aromatic carbocycles. The van der Waals surface area contributed by atoms with Crippen molar-refractivity contribution in [2.45, 2.75) is 57.5 Å². The highest BCUT2D eigenvalue weighted by Crippen LogP contribution is 2.29. The molecule has 2 aliphatic rings. The first kappa shape index (κ1) is 17.7. The monoisotopic (exact) mass is 373 g/mol. The summed E-state index contributed by atoms with van der Waals surface area (Å²) in [5.41, 5.74) is 1.30. The van der Waals surface area contributed by atoms with Crippen molar-refractivity contribution in [3.05, 3.63) is 39.3 Å². The zero-order valence-corrected chi connectivity index (χ0v) is 16.0. The minimum Gasteiger partial charge on any atom is -0.360 e. The Labute approximate surface area is 158 Å². The van der Waals surface area contributed by atoms with Crippen LogP contribution >= 0.6 is 11.3 Å². The van der Waals surface area contributed by atoms with Gasteiger partial charge in [-0.25, -0.2) is 9.67 Å². The van der Waals surface area contributed by atoms with Crippen LogP contribution in [0.1, 0.15) is 42.7 Å². The molecule has 0 spiro atoms. The van der Waals surface area contributed by atoms with Crippen molar-refractivity contribution in [3.8, 4) is 0 Å². The Morgan fingerprint density at radius 3 is 3.00 bits per heavy atom. The van der Waals surface area contributed by atoms with Crippen molar-refractivity contribution in [1.29, 1.82) is 0 Å². The first-order valence-corrected chi connectivity index (χ1v) is 10.6. The molecule has 6 nitrogen and oxygen atoms in total. The van der Waals surface area contributed by atoms with Gasteiger partial charge in [-0.3, -0.25) is 9.69 Å². The molecule has 7 heteroatoms. The molecule has 1 fully saturated rings. The first-order chi connectivity index (χ1) is 12.8. The van der Waals surface area contributed by atoms with E-state index < -0.39 is 0 Å². The molecule has 0 bridgehead atoms. The second-order valence-corrected chi connectivity index (χ2v) is 8.33. The highest BCUT2D eigenvalue weighted by Gasteiger charge is 2.23. The third-order valence-corrected chi connectivity index (χ3v) is 6.58. The molecular weight excluding hydrogens is 346 g/mol. The van der Waals surface area contributed by atoms with Gasteiger partial charge in [-0.05, 0) is 51.1 Å². The molecule has 0 saturated carbocycles. The number of aryl methyl sites for hydroxylation is 2. The number of hydrogen-bond donors (Lipinski definition) is 1. The Balaban J connectivity index is 1.34. The average Bonchev–Trinajstić information content (AvgIpc) is 3.09. The van der Waals surface area contributed by atoms with Gasteiger partial charge >= 0.3 is 0 Å². The lowest BCUT2D eigenvalue weighted by Crippen LogP contribution is -2.45. The summed E-state index contributed by atoms with van der Waals surface area (Å²) in [5.74, 6) is 0. The maximum atomic E-state index is 11.8. The first-order valence-electron chi connectivity index (χ1n) is 9.78. The van der Waals surface area contributed by atoms with E-state index in [1.807, 2.05) is 11.3 Å². The largest absolute Gasteiger partial charge is 0.360 e. The standard InChI is InChI=1S/C19H27N5OS/c25-18-9-5-10-21-24(18)13-12-23-11-4-3-6-15(23)14-20-19-22-16-7-1-2-8-17(16)26-19/h5,9-10,15H,1-4,6-8,11-14H2,(H,20,22). The summed E-state index contributed by atoms with van der Waals surface area (Å²) >= 11 is 1.84. The highest BCUT2D eigenvalue weighted by molar-refractivity contribution is 7.15. The number of anilines is 1. The SMILES string of the molecule is O=c1cccnn1CCN1CCCCC1CNc1nc2c(s1)CCCC2. The summed E-state index contributed by atoms with van der Waals surface area (Å²) in [6, 6.07) is 3.77. The second-order valence-electron chi connectivity index (χ2n) is 7.25. The number of thiazole rings is 1. The van der Waals surface area contributed by atoms with Gasteiger partial charge in [-0.15, -0.1) is 11.3 Å². The number of aromatic nitrogens is 3. The number of fused-ring (bicyclic) bond motifs is 1. The predicted octanol–water partition coefficient (Wildman–Crippen LogP) is 2.55. The molecule has 2 aromatic heterocycles. The molecule has 26 heavy (non-hydrogen) atoms. The highest BCUT2D eigenvalue weighted by atomic mass is 32.1. The lowest BCUT2D eigenvalue weighted by Gasteiger charge is -2.35. The van der Waals surface area contributed by atoms with E-state index in [0.29, 0.717) is 12.6 Å². The molecule has 1 aliphatic heterocycles. The van der Waals surface area contributed by atoms with Crippen molar-refractivity contribution >= 4 is 16.5 Å². The number of hydrogen-bond acceptors (Lipinski definition) is 6. The third kappa shape index (κ3) is 4.15. The molecule has 0 amide bonds. The number of likely N-dealkylation sites (tertiary alicyclic amines) is 1. The molecule has 3 heterocycles. The summed E-state index contributed by atoms with van der Waals surface area (Å²) in [6.07, 6.45) is 10.3. The molecule has 1 unspecified atom stereocenters. The van der Waals surface area contributed by atoms with Crippen molar-refractivity contribution in [2.75, 3.05) is 25.0 Å². The quantitative estimate of drug-likeness (QED) is 0.843. The van der Waals surface area contributed by atoms with E-state index in [2.05, 4.69) is 15.3 Å². The van der Waals surface area contributed by atoms with E-state index >= 15 is 0 Å². The summed E-state index contributed by atoms with van der Waals surface area (Å²) in [5, 5.41) is 8.85. The third-order valence-electron chi connectivity index (χ3n) is 5.47. The van der Waals surface area contributed by atoms with Gasteiger partial charge in [-0.1, -0.05) is 6.42 Å². The zero-order valence-electron chi connectivity index (χ0n) is 15.2. The van der Waals surface area contributed by atoms with Crippen LogP contribution in [0.5, 0.6) is 0 Å².